The minimum atomic E-state index is -2.95. The number of nitrogen functional groups attached to an aromatic ring is 1. The van der Waals surface area contributed by atoms with Gasteiger partial charge in [0.05, 0.1) is 16.9 Å². The van der Waals surface area contributed by atoms with Crippen LogP contribution in [-0.4, -0.2) is 42.5 Å². The van der Waals surface area contributed by atoms with E-state index in [1.165, 1.54) is 4.88 Å². The van der Waals surface area contributed by atoms with Crippen LogP contribution in [0.4, 0.5) is 11.8 Å². The maximum atomic E-state index is 11.7. The van der Waals surface area contributed by atoms with E-state index in [1.54, 1.807) is 11.3 Å². The Labute approximate surface area is 127 Å². The molecule has 1 aliphatic rings. The van der Waals surface area contributed by atoms with E-state index in [4.69, 9.17) is 5.73 Å². The Morgan fingerprint density at radius 2 is 2.24 bits per heavy atom. The minimum absolute atomic E-state index is 0.105. The molecule has 3 rings (SSSR count). The van der Waals surface area contributed by atoms with Crippen molar-refractivity contribution >= 4 is 43.2 Å². The fourth-order valence-electron chi connectivity index (χ4n) is 2.68. The van der Waals surface area contributed by atoms with Crippen LogP contribution in [0.2, 0.25) is 0 Å². The van der Waals surface area contributed by atoms with Gasteiger partial charge in [-0.25, -0.2) is 13.4 Å². The van der Waals surface area contributed by atoms with Gasteiger partial charge in [-0.3, -0.25) is 0 Å². The van der Waals surface area contributed by atoms with E-state index in [9.17, 15) is 8.42 Å². The summed E-state index contributed by atoms with van der Waals surface area (Å²) in [5.74, 6) is 1.31. The van der Waals surface area contributed by atoms with Gasteiger partial charge < -0.3 is 10.6 Å². The summed E-state index contributed by atoms with van der Waals surface area (Å²) in [4.78, 5) is 12.8. The first-order valence-electron chi connectivity index (χ1n) is 6.92. The molecule has 2 aromatic heterocycles. The number of nitrogens with zero attached hydrogens (tertiary/aromatic N) is 3. The zero-order valence-corrected chi connectivity index (χ0v) is 13.7. The molecule has 114 valence electrons. The maximum absolute atomic E-state index is 11.7. The molecule has 0 spiro atoms. The predicted octanol–water partition coefficient (Wildman–Crippen LogP) is 1.46. The van der Waals surface area contributed by atoms with E-state index in [0.717, 1.165) is 22.5 Å². The van der Waals surface area contributed by atoms with Crippen LogP contribution in [0.15, 0.2) is 6.07 Å². The van der Waals surface area contributed by atoms with Crippen molar-refractivity contribution in [2.75, 3.05) is 28.7 Å². The van der Waals surface area contributed by atoms with Crippen LogP contribution >= 0.6 is 11.3 Å². The van der Waals surface area contributed by atoms with Gasteiger partial charge in [-0.05, 0) is 19.4 Å². The van der Waals surface area contributed by atoms with Crippen molar-refractivity contribution in [3.05, 3.63) is 10.9 Å². The first kappa shape index (κ1) is 14.5. The van der Waals surface area contributed by atoms with E-state index in [-0.39, 0.29) is 23.5 Å². The number of nitrogens with two attached hydrogens (primary N) is 1. The maximum Gasteiger partial charge on any atom is 0.223 e. The molecule has 1 saturated heterocycles. The Kier molecular flexibility index (Phi) is 3.53. The summed E-state index contributed by atoms with van der Waals surface area (Å²) in [6, 6.07) is 1.98. The zero-order valence-electron chi connectivity index (χ0n) is 12.0. The molecule has 1 fully saturated rings. The lowest BCUT2D eigenvalue weighted by Gasteiger charge is -2.34. The number of thiophene rings is 1. The minimum Gasteiger partial charge on any atom is -0.368 e. The average molecular weight is 326 g/mol. The van der Waals surface area contributed by atoms with Crippen LogP contribution in [0.25, 0.3) is 10.2 Å². The molecule has 0 amide bonds. The third kappa shape index (κ3) is 2.69. The summed E-state index contributed by atoms with van der Waals surface area (Å²) in [6.07, 6.45) is 0.935. The molecule has 2 N–H and O–H groups in total. The summed E-state index contributed by atoms with van der Waals surface area (Å²) in [7, 11) is -2.95. The van der Waals surface area contributed by atoms with Crippen LogP contribution < -0.4 is 10.6 Å². The summed E-state index contributed by atoms with van der Waals surface area (Å²) in [5, 5.41) is 0.970. The van der Waals surface area contributed by atoms with E-state index in [0.29, 0.717) is 6.54 Å². The number of anilines is 2. The number of hydrogen-bond acceptors (Lipinski definition) is 7. The summed E-state index contributed by atoms with van der Waals surface area (Å²) < 4.78 is 23.5. The van der Waals surface area contributed by atoms with Gasteiger partial charge in [-0.1, -0.05) is 6.92 Å². The lowest BCUT2D eigenvalue weighted by atomic mass is 10.2. The molecule has 0 aromatic carbocycles. The smallest absolute Gasteiger partial charge is 0.223 e. The molecule has 0 radical (unpaired) electrons. The number of sulfone groups is 1. The van der Waals surface area contributed by atoms with E-state index in [1.807, 2.05) is 11.8 Å². The van der Waals surface area contributed by atoms with Crippen molar-refractivity contribution in [1.82, 2.24) is 9.97 Å². The van der Waals surface area contributed by atoms with Crippen LogP contribution in [0.1, 0.15) is 18.7 Å². The number of aromatic nitrogens is 2. The Morgan fingerprint density at radius 3 is 2.90 bits per heavy atom. The molecule has 0 saturated carbocycles. The molecule has 8 heteroatoms. The summed E-state index contributed by atoms with van der Waals surface area (Å²) in [5.41, 5.74) is 5.82. The van der Waals surface area contributed by atoms with Crippen molar-refractivity contribution in [1.29, 1.82) is 0 Å². The second-order valence-corrected chi connectivity index (χ2v) is 8.69. The van der Waals surface area contributed by atoms with Gasteiger partial charge in [0.2, 0.25) is 5.95 Å². The predicted molar refractivity (Wildman–Crippen MR) is 86.7 cm³/mol. The Hall–Kier alpha value is -1.41. The standard InChI is InChI=1S/C13H18N4O2S2/c1-3-9-6-10-11(15-13(14)16-12(10)20-9)17-4-5-21(18,19)7-8(17)2/h6,8H,3-5,7H2,1-2H3,(H2,14,15,16). The SMILES string of the molecule is CCc1cc2c(N3CCS(=O)(=O)CC3C)nc(N)nc2s1. The van der Waals surface area contributed by atoms with Gasteiger partial charge in [0.15, 0.2) is 9.84 Å². The largest absolute Gasteiger partial charge is 0.368 e. The van der Waals surface area contributed by atoms with Gasteiger partial charge in [0, 0.05) is 17.5 Å². The third-order valence-corrected chi connectivity index (χ3v) is 6.70. The van der Waals surface area contributed by atoms with Crippen molar-refractivity contribution in [3.63, 3.8) is 0 Å². The molecule has 2 aromatic rings. The third-order valence-electron chi connectivity index (χ3n) is 3.73. The molecule has 1 aliphatic heterocycles. The first-order valence-corrected chi connectivity index (χ1v) is 9.56. The topological polar surface area (TPSA) is 89.2 Å². The lowest BCUT2D eigenvalue weighted by molar-refractivity contribution is 0.567. The summed E-state index contributed by atoms with van der Waals surface area (Å²) >= 11 is 1.61. The highest BCUT2D eigenvalue weighted by Gasteiger charge is 2.30. The Balaban J connectivity index is 2.09. The van der Waals surface area contributed by atoms with E-state index < -0.39 is 9.84 Å². The van der Waals surface area contributed by atoms with Gasteiger partial charge in [-0.2, -0.15) is 4.98 Å². The summed E-state index contributed by atoms with van der Waals surface area (Å²) in [6.45, 7) is 4.46. The van der Waals surface area contributed by atoms with E-state index in [2.05, 4.69) is 23.0 Å². The quantitative estimate of drug-likeness (QED) is 0.898. The number of aryl methyl sites for hydroxylation is 1. The van der Waals surface area contributed by atoms with Gasteiger partial charge >= 0.3 is 0 Å². The van der Waals surface area contributed by atoms with Crippen molar-refractivity contribution in [3.8, 4) is 0 Å². The van der Waals surface area contributed by atoms with Gasteiger partial charge in [-0.15, -0.1) is 11.3 Å². The highest BCUT2D eigenvalue weighted by atomic mass is 32.2. The second kappa shape index (κ2) is 5.10. The van der Waals surface area contributed by atoms with Crippen LogP contribution in [0.3, 0.4) is 0 Å². The molecule has 1 unspecified atom stereocenters. The Morgan fingerprint density at radius 1 is 1.48 bits per heavy atom. The highest BCUT2D eigenvalue weighted by Crippen LogP contribution is 2.33. The second-order valence-electron chi connectivity index (χ2n) is 5.35. The highest BCUT2D eigenvalue weighted by molar-refractivity contribution is 7.91. The molecular formula is C13H18N4O2S2. The monoisotopic (exact) mass is 326 g/mol. The van der Waals surface area contributed by atoms with E-state index >= 15 is 0 Å². The van der Waals surface area contributed by atoms with Crippen molar-refractivity contribution in [2.45, 2.75) is 26.3 Å². The van der Waals surface area contributed by atoms with Crippen molar-refractivity contribution < 1.29 is 8.42 Å². The molecule has 1 atom stereocenters. The number of fused-ring (bicyclic) bond motifs is 1. The molecule has 6 nitrogen and oxygen atoms in total. The molecule has 21 heavy (non-hydrogen) atoms. The van der Waals surface area contributed by atoms with Crippen LogP contribution in [0, 0.1) is 0 Å². The molecule has 0 bridgehead atoms. The van der Waals surface area contributed by atoms with Crippen LogP contribution in [-0.2, 0) is 16.3 Å². The van der Waals surface area contributed by atoms with Crippen LogP contribution in [0.5, 0.6) is 0 Å². The fourth-order valence-corrected chi connectivity index (χ4v) is 5.20. The molecule has 3 heterocycles. The normalized spacial score (nSPS) is 21.8. The van der Waals surface area contributed by atoms with Gasteiger partial charge in [0.25, 0.3) is 0 Å². The van der Waals surface area contributed by atoms with Gasteiger partial charge in [0.1, 0.15) is 10.6 Å². The fraction of sp³-hybridized carbons (Fsp3) is 0.538. The first-order chi connectivity index (χ1) is 9.89. The molecular weight excluding hydrogens is 308 g/mol. The lowest BCUT2D eigenvalue weighted by Crippen LogP contribution is -2.47. The average Bonchev–Trinajstić information content (AvgIpc) is 2.80. The zero-order chi connectivity index (χ0) is 15.2. The van der Waals surface area contributed by atoms with Crippen molar-refractivity contribution in [2.24, 2.45) is 0 Å². The molecule has 0 aliphatic carbocycles. The number of rotatable bonds is 2. The number of hydrogen-bond donors (Lipinski definition) is 1. The Bertz CT molecular complexity index is 785.